The van der Waals surface area contributed by atoms with Gasteiger partial charge in [-0.15, -0.1) is 0 Å². The fraction of sp³-hybridized carbons (Fsp3) is 0.357. The molecule has 0 saturated heterocycles. The highest BCUT2D eigenvalue weighted by Gasteiger charge is 2.42. The second-order valence-corrected chi connectivity index (χ2v) is 4.87. The van der Waals surface area contributed by atoms with Crippen molar-refractivity contribution < 1.29 is 26.7 Å². The molecule has 1 aliphatic rings. The van der Waals surface area contributed by atoms with Crippen molar-refractivity contribution in [2.24, 2.45) is 5.92 Å². The van der Waals surface area contributed by atoms with E-state index in [1.54, 1.807) is 0 Å². The van der Waals surface area contributed by atoms with Gasteiger partial charge in [-0.25, -0.2) is 8.78 Å². The highest BCUT2D eigenvalue weighted by Crippen LogP contribution is 2.35. The zero-order valence-corrected chi connectivity index (χ0v) is 10.8. The first kappa shape index (κ1) is 15.5. The highest BCUT2D eigenvalue weighted by molar-refractivity contribution is 5.91. The SMILES string of the molecule is O=C1C=C(NCc2cc(F)ccc2F)CC(C(F)(F)F)C1. The molecule has 0 heterocycles. The third kappa shape index (κ3) is 4.03. The summed E-state index contributed by atoms with van der Waals surface area (Å²) in [6.07, 6.45) is -4.32. The third-order valence-electron chi connectivity index (χ3n) is 3.23. The van der Waals surface area contributed by atoms with Gasteiger partial charge in [-0.3, -0.25) is 4.79 Å². The average molecular weight is 305 g/mol. The smallest absolute Gasteiger partial charge is 0.384 e. The van der Waals surface area contributed by atoms with Crippen LogP contribution < -0.4 is 5.32 Å². The zero-order chi connectivity index (χ0) is 15.6. The Balaban J connectivity index is 2.06. The molecule has 2 rings (SSSR count). The molecular formula is C14H12F5NO. The molecule has 0 saturated carbocycles. The van der Waals surface area contributed by atoms with E-state index < -0.39 is 35.9 Å². The molecule has 0 aromatic heterocycles. The van der Waals surface area contributed by atoms with Crippen LogP contribution in [0.15, 0.2) is 30.0 Å². The Labute approximate surface area is 117 Å². The lowest BCUT2D eigenvalue weighted by Crippen LogP contribution is -2.31. The number of alkyl halides is 3. The first-order chi connectivity index (χ1) is 9.75. The minimum atomic E-state index is -4.46. The molecule has 0 bridgehead atoms. The molecule has 1 aliphatic carbocycles. The van der Waals surface area contributed by atoms with E-state index in [2.05, 4.69) is 5.32 Å². The van der Waals surface area contributed by atoms with Crippen LogP contribution in [-0.2, 0) is 11.3 Å². The van der Waals surface area contributed by atoms with Gasteiger partial charge in [0.15, 0.2) is 5.78 Å². The van der Waals surface area contributed by atoms with E-state index in [0.717, 1.165) is 24.3 Å². The van der Waals surface area contributed by atoms with Crippen LogP contribution in [-0.4, -0.2) is 12.0 Å². The maximum Gasteiger partial charge on any atom is 0.392 e. The molecule has 1 atom stereocenters. The summed E-state index contributed by atoms with van der Waals surface area (Å²) in [7, 11) is 0. The minimum absolute atomic E-state index is 0.0162. The number of ketones is 1. The van der Waals surface area contributed by atoms with E-state index in [9.17, 15) is 26.7 Å². The summed E-state index contributed by atoms with van der Waals surface area (Å²) < 4.78 is 64.3. The number of hydrogen-bond acceptors (Lipinski definition) is 2. The molecular weight excluding hydrogens is 293 g/mol. The van der Waals surface area contributed by atoms with Crippen LogP contribution in [0.4, 0.5) is 22.0 Å². The summed E-state index contributed by atoms with van der Waals surface area (Å²) in [6, 6.07) is 2.84. The van der Waals surface area contributed by atoms with Crippen LogP contribution in [0.3, 0.4) is 0 Å². The molecule has 0 fully saturated rings. The first-order valence-electron chi connectivity index (χ1n) is 6.23. The van der Waals surface area contributed by atoms with Crippen LogP contribution in [0.5, 0.6) is 0 Å². The number of benzene rings is 1. The molecule has 114 valence electrons. The van der Waals surface area contributed by atoms with Crippen LogP contribution in [0.25, 0.3) is 0 Å². The van der Waals surface area contributed by atoms with Gasteiger partial charge < -0.3 is 5.32 Å². The van der Waals surface area contributed by atoms with Crippen molar-refractivity contribution in [1.29, 1.82) is 0 Å². The lowest BCUT2D eigenvalue weighted by Gasteiger charge is -2.25. The summed E-state index contributed by atoms with van der Waals surface area (Å²) in [5, 5.41) is 2.57. The summed E-state index contributed by atoms with van der Waals surface area (Å²) in [4.78, 5) is 11.3. The van der Waals surface area contributed by atoms with E-state index in [0.29, 0.717) is 0 Å². The monoisotopic (exact) mass is 305 g/mol. The number of carbonyl (C=O) groups is 1. The van der Waals surface area contributed by atoms with Gasteiger partial charge in [0.2, 0.25) is 0 Å². The Kier molecular flexibility index (Phi) is 4.29. The predicted molar refractivity (Wildman–Crippen MR) is 65.1 cm³/mol. The Morgan fingerprint density at radius 3 is 2.57 bits per heavy atom. The molecule has 21 heavy (non-hydrogen) atoms. The van der Waals surface area contributed by atoms with Gasteiger partial charge in [0.25, 0.3) is 0 Å². The van der Waals surface area contributed by atoms with Crippen molar-refractivity contribution in [2.75, 3.05) is 0 Å². The molecule has 1 unspecified atom stereocenters. The summed E-state index contributed by atoms with van der Waals surface area (Å²) >= 11 is 0. The standard InChI is InChI=1S/C14H12F5NO/c15-10-1-2-13(16)8(3-10)7-20-11-4-9(14(17,18)19)5-12(21)6-11/h1-3,6,9,20H,4-5,7H2. The maximum absolute atomic E-state index is 13.4. The maximum atomic E-state index is 13.4. The van der Waals surface area contributed by atoms with Gasteiger partial charge in [0.1, 0.15) is 11.6 Å². The van der Waals surface area contributed by atoms with Crippen molar-refractivity contribution in [3.8, 4) is 0 Å². The number of nitrogens with one attached hydrogen (secondary N) is 1. The molecule has 7 heteroatoms. The lowest BCUT2D eigenvalue weighted by atomic mass is 9.90. The van der Waals surface area contributed by atoms with Gasteiger partial charge in [-0.05, 0) is 24.6 Å². The van der Waals surface area contributed by atoms with Crippen molar-refractivity contribution in [3.05, 3.63) is 47.2 Å². The van der Waals surface area contributed by atoms with Crippen LogP contribution in [0, 0.1) is 17.6 Å². The van der Waals surface area contributed by atoms with Crippen molar-refractivity contribution in [1.82, 2.24) is 5.32 Å². The van der Waals surface area contributed by atoms with Gasteiger partial charge in [0, 0.05) is 30.3 Å². The van der Waals surface area contributed by atoms with Crippen LogP contribution in [0.2, 0.25) is 0 Å². The molecule has 0 aliphatic heterocycles. The van der Waals surface area contributed by atoms with E-state index >= 15 is 0 Å². The minimum Gasteiger partial charge on any atom is -0.384 e. The summed E-state index contributed by atoms with van der Waals surface area (Å²) in [6.45, 7) is -0.187. The Morgan fingerprint density at radius 1 is 1.19 bits per heavy atom. The number of rotatable bonds is 3. The molecule has 1 aromatic rings. The number of hydrogen-bond donors (Lipinski definition) is 1. The summed E-state index contributed by atoms with van der Waals surface area (Å²) in [5.74, 6) is -3.69. The molecule has 1 aromatic carbocycles. The fourth-order valence-corrected chi connectivity index (χ4v) is 2.13. The second kappa shape index (κ2) is 5.83. The van der Waals surface area contributed by atoms with Crippen molar-refractivity contribution in [2.45, 2.75) is 25.6 Å². The molecule has 0 spiro atoms. The zero-order valence-electron chi connectivity index (χ0n) is 10.8. The van der Waals surface area contributed by atoms with E-state index in [1.165, 1.54) is 0 Å². The topological polar surface area (TPSA) is 29.1 Å². The molecule has 1 N–H and O–H groups in total. The number of halogens is 5. The van der Waals surface area contributed by atoms with Crippen LogP contribution in [0.1, 0.15) is 18.4 Å². The molecule has 0 radical (unpaired) electrons. The normalized spacial score (nSPS) is 19.4. The van der Waals surface area contributed by atoms with Gasteiger partial charge in [0.05, 0.1) is 5.92 Å². The largest absolute Gasteiger partial charge is 0.392 e. The van der Waals surface area contributed by atoms with Crippen molar-refractivity contribution in [3.63, 3.8) is 0 Å². The van der Waals surface area contributed by atoms with E-state index in [1.807, 2.05) is 0 Å². The first-order valence-corrected chi connectivity index (χ1v) is 6.23. The van der Waals surface area contributed by atoms with Crippen molar-refractivity contribution >= 4 is 5.78 Å². The predicted octanol–water partition coefficient (Wildman–Crippen LogP) is 3.48. The molecule has 2 nitrogen and oxygen atoms in total. The van der Waals surface area contributed by atoms with Crippen LogP contribution >= 0.6 is 0 Å². The van der Waals surface area contributed by atoms with E-state index in [4.69, 9.17) is 0 Å². The molecule has 0 amide bonds. The van der Waals surface area contributed by atoms with E-state index in [-0.39, 0.29) is 24.2 Å². The Hall–Kier alpha value is -1.92. The number of allylic oxidation sites excluding steroid dienone is 2. The number of carbonyl (C=O) groups excluding carboxylic acids is 1. The van der Waals surface area contributed by atoms with Gasteiger partial charge in [-0.2, -0.15) is 13.2 Å². The average Bonchev–Trinajstić information content (AvgIpc) is 2.38. The Bertz CT molecular complexity index is 579. The fourth-order valence-electron chi connectivity index (χ4n) is 2.13. The second-order valence-electron chi connectivity index (χ2n) is 4.87. The highest BCUT2D eigenvalue weighted by atomic mass is 19.4. The summed E-state index contributed by atoms with van der Waals surface area (Å²) in [5.41, 5.74) is 0.0646. The quantitative estimate of drug-likeness (QED) is 0.866. The Morgan fingerprint density at radius 2 is 1.90 bits per heavy atom. The van der Waals surface area contributed by atoms with Gasteiger partial charge in [-0.1, -0.05) is 0 Å². The van der Waals surface area contributed by atoms with Gasteiger partial charge >= 0.3 is 6.18 Å². The third-order valence-corrected chi connectivity index (χ3v) is 3.23. The lowest BCUT2D eigenvalue weighted by molar-refractivity contribution is -0.178.